The van der Waals surface area contributed by atoms with Gasteiger partial charge in [0.25, 0.3) is 0 Å². The van der Waals surface area contributed by atoms with Crippen LogP contribution in [-0.2, 0) is 11.3 Å². The van der Waals surface area contributed by atoms with E-state index in [1.807, 2.05) is 18.9 Å². The van der Waals surface area contributed by atoms with Crippen LogP contribution in [0.5, 0.6) is 5.75 Å². The molecule has 5 rings (SSSR count). The SMILES string of the molecule is C=C(C)N=C(c1ccccc1C(C)C)N1CCOc2ccc(-c3ccc4c(c3)NC(NC(=O)OC)N4C)cc2C1. The number of methoxy groups -OCH3 is 1. The molecule has 1 atom stereocenters. The molecule has 0 radical (unpaired) electrons. The lowest BCUT2D eigenvalue weighted by Gasteiger charge is -2.26. The number of carbonyl (C=O) groups excluding carboxylic acids is 1. The molecule has 0 aromatic heterocycles. The summed E-state index contributed by atoms with van der Waals surface area (Å²) in [5.41, 5.74) is 8.35. The molecule has 208 valence electrons. The third-order valence-corrected chi connectivity index (χ3v) is 7.29. The second-order valence-corrected chi connectivity index (χ2v) is 10.5. The number of amidine groups is 1. The van der Waals surface area contributed by atoms with Crippen LogP contribution in [0.3, 0.4) is 0 Å². The normalized spacial score (nSPS) is 16.4. The third-order valence-electron chi connectivity index (χ3n) is 7.29. The number of alkyl carbamates (subject to hydrolysis) is 1. The van der Waals surface area contributed by atoms with Gasteiger partial charge in [-0.15, -0.1) is 0 Å². The number of nitrogens with zero attached hydrogens (tertiary/aromatic N) is 3. The molecule has 2 heterocycles. The minimum Gasteiger partial charge on any atom is -0.491 e. The van der Waals surface area contributed by atoms with E-state index in [0.29, 0.717) is 25.6 Å². The van der Waals surface area contributed by atoms with Crippen molar-refractivity contribution >= 4 is 23.3 Å². The third kappa shape index (κ3) is 5.47. The summed E-state index contributed by atoms with van der Waals surface area (Å²) in [7, 11) is 3.28. The number of aliphatic imine (C=N–C) groups is 1. The quantitative estimate of drug-likeness (QED) is 0.299. The van der Waals surface area contributed by atoms with Gasteiger partial charge in [-0.1, -0.05) is 56.8 Å². The molecule has 3 aromatic carbocycles. The fraction of sp³-hybridized carbons (Fsp3) is 0.312. The van der Waals surface area contributed by atoms with Crippen LogP contribution < -0.4 is 20.3 Å². The molecular weight excluding hydrogens is 502 g/mol. The van der Waals surface area contributed by atoms with Gasteiger partial charge >= 0.3 is 6.09 Å². The Morgan fingerprint density at radius 2 is 1.90 bits per heavy atom. The molecule has 0 saturated carbocycles. The maximum absolute atomic E-state index is 11.8. The number of fused-ring (bicyclic) bond motifs is 2. The van der Waals surface area contributed by atoms with Crippen molar-refractivity contribution in [1.82, 2.24) is 10.2 Å². The number of benzene rings is 3. The second-order valence-electron chi connectivity index (χ2n) is 10.5. The van der Waals surface area contributed by atoms with Crippen LogP contribution in [0.2, 0.25) is 0 Å². The number of nitrogens with one attached hydrogen (secondary N) is 2. The molecule has 1 amide bonds. The first-order valence-corrected chi connectivity index (χ1v) is 13.6. The lowest BCUT2D eigenvalue weighted by molar-refractivity contribution is 0.168. The Bertz CT molecular complexity index is 1460. The fourth-order valence-electron chi connectivity index (χ4n) is 5.27. The van der Waals surface area contributed by atoms with Crippen LogP contribution in [0, 0.1) is 0 Å². The van der Waals surface area contributed by atoms with Gasteiger partial charge in [-0.25, -0.2) is 9.79 Å². The average Bonchev–Trinajstić information content (AvgIpc) is 3.10. The lowest BCUT2D eigenvalue weighted by atomic mass is 9.95. The Labute approximate surface area is 236 Å². The van der Waals surface area contributed by atoms with Crippen LogP contribution in [-0.4, -0.2) is 50.4 Å². The van der Waals surface area contributed by atoms with Crippen molar-refractivity contribution in [3.8, 4) is 16.9 Å². The zero-order chi connectivity index (χ0) is 28.4. The molecule has 3 aromatic rings. The molecule has 2 aliphatic heterocycles. The van der Waals surface area contributed by atoms with E-state index in [1.165, 1.54) is 12.7 Å². The number of carbonyl (C=O) groups is 1. The van der Waals surface area contributed by atoms with Crippen LogP contribution in [0.4, 0.5) is 16.2 Å². The van der Waals surface area contributed by atoms with Crippen molar-refractivity contribution in [2.45, 2.75) is 39.5 Å². The van der Waals surface area contributed by atoms with E-state index >= 15 is 0 Å². The summed E-state index contributed by atoms with van der Waals surface area (Å²) < 4.78 is 11.0. The maximum atomic E-state index is 11.8. The first kappa shape index (κ1) is 27.1. The number of hydrogen-bond acceptors (Lipinski definition) is 6. The van der Waals surface area contributed by atoms with Crippen molar-refractivity contribution in [1.29, 1.82) is 0 Å². The van der Waals surface area contributed by atoms with Gasteiger partial charge in [-0.3, -0.25) is 5.32 Å². The highest BCUT2D eigenvalue weighted by Gasteiger charge is 2.28. The molecule has 1 unspecified atom stereocenters. The average molecular weight is 540 g/mol. The van der Waals surface area contributed by atoms with E-state index in [0.717, 1.165) is 50.9 Å². The summed E-state index contributed by atoms with van der Waals surface area (Å²) in [4.78, 5) is 21.0. The summed E-state index contributed by atoms with van der Waals surface area (Å²) in [6.45, 7) is 12.4. The number of allylic oxidation sites excluding steroid dienone is 1. The minimum absolute atomic E-state index is 0.364. The smallest absolute Gasteiger partial charge is 0.409 e. The Kier molecular flexibility index (Phi) is 7.69. The molecule has 8 nitrogen and oxygen atoms in total. The predicted molar refractivity (Wildman–Crippen MR) is 161 cm³/mol. The number of ether oxygens (including phenoxy) is 2. The maximum Gasteiger partial charge on any atom is 0.409 e. The summed E-state index contributed by atoms with van der Waals surface area (Å²) in [5, 5.41) is 6.16. The summed E-state index contributed by atoms with van der Waals surface area (Å²) >= 11 is 0. The van der Waals surface area contributed by atoms with E-state index in [2.05, 4.69) is 96.6 Å². The first-order valence-electron chi connectivity index (χ1n) is 13.6. The van der Waals surface area contributed by atoms with Crippen LogP contribution in [0.15, 0.2) is 77.9 Å². The Morgan fingerprint density at radius 3 is 2.65 bits per heavy atom. The molecule has 2 aliphatic rings. The molecule has 0 aliphatic carbocycles. The summed E-state index contributed by atoms with van der Waals surface area (Å²) in [6.07, 6.45) is -0.871. The van der Waals surface area contributed by atoms with Gasteiger partial charge in [0.2, 0.25) is 0 Å². The Morgan fingerprint density at radius 1 is 1.15 bits per heavy atom. The van der Waals surface area contributed by atoms with Crippen LogP contribution in [0.25, 0.3) is 11.1 Å². The van der Waals surface area contributed by atoms with E-state index in [9.17, 15) is 4.79 Å². The van der Waals surface area contributed by atoms with Gasteiger partial charge in [0.1, 0.15) is 18.2 Å². The molecule has 40 heavy (non-hydrogen) atoms. The zero-order valence-electron chi connectivity index (χ0n) is 23.8. The van der Waals surface area contributed by atoms with Crippen molar-refractivity contribution < 1.29 is 14.3 Å². The number of anilines is 2. The highest BCUT2D eigenvalue weighted by molar-refractivity contribution is 6.01. The van der Waals surface area contributed by atoms with Crippen LogP contribution >= 0.6 is 0 Å². The van der Waals surface area contributed by atoms with Gasteiger partial charge < -0.3 is 24.6 Å². The lowest BCUT2D eigenvalue weighted by Crippen LogP contribution is -2.48. The number of hydrogen-bond donors (Lipinski definition) is 2. The first-order chi connectivity index (χ1) is 19.2. The van der Waals surface area contributed by atoms with Gasteiger partial charge in [0, 0.05) is 30.4 Å². The van der Waals surface area contributed by atoms with Crippen LogP contribution in [0.1, 0.15) is 43.4 Å². The Hall–Kier alpha value is -4.46. The standard InChI is InChI=1S/C32H37N5O3/c1-20(2)25-9-7-8-10-26(25)30(33-21(3)4)37-15-16-40-29-14-12-22(17-24(29)19-37)23-11-13-28-27(18-23)34-31(36(28)5)35-32(38)39-6/h7-14,17-18,20,31,34H,3,15-16,19H2,1-2,4-6H3,(H,35,38). The van der Waals surface area contributed by atoms with Gasteiger partial charge in [0.15, 0.2) is 6.29 Å². The van der Waals surface area contributed by atoms with Crippen molar-refractivity contribution in [2.75, 3.05) is 37.5 Å². The summed E-state index contributed by atoms with van der Waals surface area (Å²) in [6, 6.07) is 21.1. The number of rotatable bonds is 5. The molecule has 0 bridgehead atoms. The molecule has 0 spiro atoms. The second kappa shape index (κ2) is 11.3. The van der Waals surface area contributed by atoms with E-state index in [4.69, 9.17) is 14.5 Å². The van der Waals surface area contributed by atoms with Gasteiger partial charge in [0.05, 0.1) is 25.0 Å². The fourth-order valence-corrected chi connectivity index (χ4v) is 5.27. The van der Waals surface area contributed by atoms with Gasteiger partial charge in [-0.05, 0) is 53.8 Å². The van der Waals surface area contributed by atoms with E-state index in [-0.39, 0.29) is 6.29 Å². The van der Waals surface area contributed by atoms with Gasteiger partial charge in [-0.2, -0.15) is 0 Å². The largest absolute Gasteiger partial charge is 0.491 e. The molecule has 0 fully saturated rings. The van der Waals surface area contributed by atoms with E-state index in [1.54, 1.807) is 0 Å². The molecule has 0 saturated heterocycles. The van der Waals surface area contributed by atoms with E-state index < -0.39 is 6.09 Å². The molecule has 8 heteroatoms. The van der Waals surface area contributed by atoms with Crippen molar-refractivity contribution in [3.05, 3.63) is 89.6 Å². The number of amides is 1. The highest BCUT2D eigenvalue weighted by Crippen LogP contribution is 2.38. The topological polar surface area (TPSA) is 78.4 Å². The monoisotopic (exact) mass is 539 g/mol. The zero-order valence-corrected chi connectivity index (χ0v) is 23.8. The summed E-state index contributed by atoms with van der Waals surface area (Å²) in [5.74, 6) is 2.18. The highest BCUT2D eigenvalue weighted by atomic mass is 16.5. The van der Waals surface area contributed by atoms with Crippen molar-refractivity contribution in [2.24, 2.45) is 4.99 Å². The molecular formula is C32H37N5O3. The Balaban J connectivity index is 1.46. The van der Waals surface area contributed by atoms with Crippen molar-refractivity contribution in [3.63, 3.8) is 0 Å². The minimum atomic E-state index is -0.488. The predicted octanol–water partition coefficient (Wildman–Crippen LogP) is 6.15. The molecule has 2 N–H and O–H groups in total.